The topological polar surface area (TPSA) is 94.1 Å². The Hall–Kier alpha value is -4.52. The number of hydrogen-bond donors (Lipinski definition) is 1. The molecule has 0 aliphatic carbocycles. The van der Waals surface area contributed by atoms with Crippen molar-refractivity contribution < 1.29 is 14.3 Å². The predicted molar refractivity (Wildman–Crippen MR) is 129 cm³/mol. The second-order valence-electron chi connectivity index (χ2n) is 7.82. The summed E-state index contributed by atoms with van der Waals surface area (Å²) in [7, 11) is 0. The van der Waals surface area contributed by atoms with Crippen molar-refractivity contribution in [1.29, 1.82) is 0 Å². The number of hydrogen-bond acceptors (Lipinski definition) is 5. The smallest absolute Gasteiger partial charge is 0.360 e. The molecule has 1 atom stereocenters. The number of nitrogens with one attached hydrogen (secondary N) is 1. The van der Waals surface area contributed by atoms with Crippen LogP contribution in [0.15, 0.2) is 89.9 Å². The molecule has 0 bridgehead atoms. The molecule has 0 radical (unpaired) electrons. The number of fused-ring (bicyclic) bond motifs is 2. The normalized spacial score (nSPS) is 12.0. The molecule has 0 spiro atoms. The van der Waals surface area contributed by atoms with Crippen molar-refractivity contribution in [3.63, 3.8) is 0 Å². The van der Waals surface area contributed by atoms with E-state index in [1.807, 2.05) is 30.3 Å². The van der Waals surface area contributed by atoms with E-state index >= 15 is 0 Å². The van der Waals surface area contributed by atoms with E-state index in [4.69, 9.17) is 4.74 Å². The van der Waals surface area contributed by atoms with Crippen LogP contribution < -0.4 is 5.56 Å². The average Bonchev–Trinajstić information content (AvgIpc) is 3.32. The Morgan fingerprint density at radius 3 is 2.29 bits per heavy atom. The third-order valence-electron chi connectivity index (χ3n) is 5.78. The van der Waals surface area contributed by atoms with Gasteiger partial charge in [-0.05, 0) is 19.1 Å². The fourth-order valence-electron chi connectivity index (χ4n) is 4.08. The van der Waals surface area contributed by atoms with Gasteiger partial charge in [-0.25, -0.2) is 9.48 Å². The number of aromatic nitrogens is 3. The van der Waals surface area contributed by atoms with Gasteiger partial charge in [0.25, 0.3) is 5.56 Å². The fourth-order valence-corrected chi connectivity index (χ4v) is 4.08. The van der Waals surface area contributed by atoms with Crippen LogP contribution >= 0.6 is 0 Å². The lowest BCUT2D eigenvalue weighted by molar-refractivity contribution is 0.0274. The largest absolute Gasteiger partial charge is 0.444 e. The van der Waals surface area contributed by atoms with Crippen molar-refractivity contribution >= 4 is 33.4 Å². The molecule has 2 aromatic heterocycles. The zero-order chi connectivity index (χ0) is 23.7. The molecule has 0 amide bonds. The number of Topliss-reactive ketones (excluding diaryl/α,β-unsaturated/α-hetero) is 1. The highest BCUT2D eigenvalue weighted by atomic mass is 16.5. The molecule has 7 heteroatoms. The van der Waals surface area contributed by atoms with Gasteiger partial charge in [-0.2, -0.15) is 5.10 Å². The summed E-state index contributed by atoms with van der Waals surface area (Å²) in [6, 6.07) is 23.1. The van der Waals surface area contributed by atoms with Gasteiger partial charge in [-0.1, -0.05) is 66.7 Å². The summed E-state index contributed by atoms with van der Waals surface area (Å²) in [5, 5.41) is 5.74. The lowest BCUT2D eigenvalue weighted by Crippen LogP contribution is -2.27. The minimum Gasteiger partial charge on any atom is -0.444 e. The summed E-state index contributed by atoms with van der Waals surface area (Å²) in [4.78, 5) is 42.8. The molecule has 3 aromatic carbocycles. The van der Waals surface area contributed by atoms with Gasteiger partial charge in [0.15, 0.2) is 11.8 Å². The number of esters is 1. The van der Waals surface area contributed by atoms with Crippen molar-refractivity contribution in [1.82, 2.24) is 14.8 Å². The van der Waals surface area contributed by atoms with Crippen LogP contribution in [0.4, 0.5) is 0 Å². The third kappa shape index (κ3) is 3.67. The first-order valence-corrected chi connectivity index (χ1v) is 10.9. The van der Waals surface area contributed by atoms with E-state index in [-0.39, 0.29) is 17.0 Å². The second kappa shape index (κ2) is 8.78. The lowest BCUT2D eigenvalue weighted by atomic mass is 9.99. The van der Waals surface area contributed by atoms with Crippen LogP contribution in [-0.4, -0.2) is 26.5 Å². The number of carbonyl (C=O) groups excluding carboxylic acids is 2. The number of H-pyrrole nitrogens is 1. The van der Waals surface area contributed by atoms with Crippen molar-refractivity contribution in [3.05, 3.63) is 112 Å². The van der Waals surface area contributed by atoms with E-state index in [1.54, 1.807) is 61.7 Å². The van der Waals surface area contributed by atoms with Crippen molar-refractivity contribution in [2.75, 3.05) is 0 Å². The maximum atomic E-state index is 13.7. The molecule has 168 valence electrons. The Labute approximate surface area is 194 Å². The van der Waals surface area contributed by atoms with E-state index in [9.17, 15) is 14.4 Å². The number of rotatable bonds is 6. The zero-order valence-corrected chi connectivity index (χ0v) is 18.4. The fraction of sp³-hybridized carbons (Fsp3) is 0.111. The van der Waals surface area contributed by atoms with Gasteiger partial charge < -0.3 is 9.72 Å². The number of nitrogens with zero attached hydrogens (tertiary/aromatic N) is 2. The van der Waals surface area contributed by atoms with Crippen LogP contribution in [0.1, 0.15) is 39.4 Å². The summed E-state index contributed by atoms with van der Waals surface area (Å²) in [6.07, 6.45) is 0.442. The second-order valence-corrected chi connectivity index (χ2v) is 7.82. The van der Waals surface area contributed by atoms with Crippen LogP contribution in [-0.2, 0) is 11.3 Å². The average molecular weight is 451 g/mol. The number of ketones is 1. The van der Waals surface area contributed by atoms with Crippen molar-refractivity contribution in [2.24, 2.45) is 0 Å². The van der Waals surface area contributed by atoms with Gasteiger partial charge in [0.1, 0.15) is 0 Å². The first-order valence-electron chi connectivity index (χ1n) is 10.9. The maximum Gasteiger partial charge on any atom is 0.360 e. The summed E-state index contributed by atoms with van der Waals surface area (Å²) in [5.41, 5.74) is 1.48. The predicted octanol–water partition coefficient (Wildman–Crippen LogP) is 4.68. The van der Waals surface area contributed by atoms with E-state index < -0.39 is 12.1 Å². The molecule has 0 saturated carbocycles. The quantitative estimate of drug-likeness (QED) is 0.299. The number of benzene rings is 3. The third-order valence-corrected chi connectivity index (χ3v) is 5.78. The van der Waals surface area contributed by atoms with Gasteiger partial charge in [0, 0.05) is 40.2 Å². The highest BCUT2D eigenvalue weighted by Gasteiger charge is 2.30. The molecule has 2 heterocycles. The number of aromatic amines is 1. The van der Waals surface area contributed by atoms with Crippen LogP contribution in [0.5, 0.6) is 0 Å². The Balaban J connectivity index is 1.59. The number of aryl methyl sites for hydroxylation is 1. The van der Waals surface area contributed by atoms with Crippen LogP contribution in [0.2, 0.25) is 0 Å². The van der Waals surface area contributed by atoms with E-state index in [0.717, 1.165) is 10.9 Å². The van der Waals surface area contributed by atoms with Gasteiger partial charge in [-0.3, -0.25) is 9.59 Å². The van der Waals surface area contributed by atoms with Gasteiger partial charge in [0.05, 0.1) is 5.39 Å². The summed E-state index contributed by atoms with van der Waals surface area (Å²) >= 11 is 0. The van der Waals surface area contributed by atoms with Crippen molar-refractivity contribution in [2.45, 2.75) is 19.6 Å². The number of ether oxygens (including phenoxy) is 1. The van der Waals surface area contributed by atoms with E-state index in [1.165, 1.54) is 4.68 Å². The first-order chi connectivity index (χ1) is 16.6. The van der Waals surface area contributed by atoms with Gasteiger partial charge >= 0.3 is 5.97 Å². The maximum absolute atomic E-state index is 13.7. The molecular formula is C27H21N3O4. The molecule has 34 heavy (non-hydrogen) atoms. The molecule has 0 aliphatic rings. The van der Waals surface area contributed by atoms with Crippen LogP contribution in [0, 0.1) is 0 Å². The molecule has 5 aromatic rings. The highest BCUT2D eigenvalue weighted by Crippen LogP contribution is 2.28. The molecule has 1 N–H and O–H groups in total. The number of carbonyl (C=O) groups is 2. The molecule has 0 saturated heterocycles. The molecule has 7 nitrogen and oxygen atoms in total. The van der Waals surface area contributed by atoms with Gasteiger partial charge in [-0.15, -0.1) is 0 Å². The zero-order valence-electron chi connectivity index (χ0n) is 18.4. The Bertz CT molecular complexity index is 1580. The Morgan fingerprint density at radius 2 is 1.56 bits per heavy atom. The van der Waals surface area contributed by atoms with Crippen molar-refractivity contribution in [3.8, 4) is 0 Å². The molecular weight excluding hydrogens is 430 g/mol. The molecule has 0 aliphatic heterocycles. The first kappa shape index (κ1) is 21.3. The SMILES string of the molecule is CCn1nc(C(=O)O[C@@H](C(=O)c2c[nH]c3ccccc23)c2ccccc2)c2ccccc2c1=O. The lowest BCUT2D eigenvalue weighted by Gasteiger charge is -2.18. The number of para-hydroxylation sites is 1. The monoisotopic (exact) mass is 451 g/mol. The highest BCUT2D eigenvalue weighted by molar-refractivity contribution is 6.11. The Kier molecular flexibility index (Phi) is 5.51. The minimum absolute atomic E-state index is 0.00953. The standard InChI is InChI=1S/C27H21N3O4/c1-2-30-26(32)20-14-7-6-13-19(20)23(29-30)27(33)34-25(17-10-4-3-5-11-17)24(31)21-16-28-22-15-9-8-12-18(21)22/h3-16,25,28H,2H2,1H3/t25-/m1/s1. The summed E-state index contributed by atoms with van der Waals surface area (Å²) in [6.45, 7) is 2.06. The van der Waals surface area contributed by atoms with Crippen LogP contribution in [0.25, 0.3) is 21.7 Å². The molecule has 5 rings (SSSR count). The summed E-state index contributed by atoms with van der Waals surface area (Å²) in [5.74, 6) is -1.13. The Morgan fingerprint density at radius 1 is 0.912 bits per heavy atom. The van der Waals surface area contributed by atoms with E-state index in [2.05, 4.69) is 10.1 Å². The molecule has 0 unspecified atom stereocenters. The van der Waals surface area contributed by atoms with E-state index in [0.29, 0.717) is 28.4 Å². The van der Waals surface area contributed by atoms with Gasteiger partial charge in [0.2, 0.25) is 5.78 Å². The summed E-state index contributed by atoms with van der Waals surface area (Å²) < 4.78 is 7.04. The van der Waals surface area contributed by atoms with Crippen LogP contribution in [0.3, 0.4) is 0 Å². The molecule has 0 fully saturated rings. The minimum atomic E-state index is -1.18.